The van der Waals surface area contributed by atoms with Gasteiger partial charge in [-0.05, 0) is 23.8 Å². The van der Waals surface area contributed by atoms with Crippen LogP contribution in [0.4, 0.5) is 20.2 Å². The summed E-state index contributed by atoms with van der Waals surface area (Å²) in [6, 6.07) is 9.31. The standard InChI is InChI=1S/C19H13F2N3O6/c20-19(21)30-13-3-1-11(2-4-13)7-12(10-22)18(25)23-14-8-16-17(29-6-5-28-16)9-15(14)24(26)27/h1-4,7-9,19H,5-6H2,(H,23,25)/b12-7+. The van der Waals surface area contributed by atoms with Gasteiger partial charge in [-0.1, -0.05) is 12.1 Å². The Kier molecular flexibility index (Phi) is 6.07. The highest BCUT2D eigenvalue weighted by Crippen LogP contribution is 2.39. The second kappa shape index (κ2) is 8.87. The van der Waals surface area contributed by atoms with Crippen molar-refractivity contribution in [2.45, 2.75) is 6.61 Å². The van der Waals surface area contributed by atoms with Crippen LogP contribution in [0.15, 0.2) is 42.0 Å². The van der Waals surface area contributed by atoms with Gasteiger partial charge in [0.2, 0.25) is 0 Å². The molecule has 1 N–H and O–H groups in total. The third kappa shape index (κ3) is 4.79. The molecule has 0 spiro atoms. The third-order valence-electron chi connectivity index (χ3n) is 3.89. The fourth-order valence-corrected chi connectivity index (χ4v) is 2.58. The van der Waals surface area contributed by atoms with E-state index in [1.807, 2.05) is 0 Å². The highest BCUT2D eigenvalue weighted by molar-refractivity contribution is 6.10. The van der Waals surface area contributed by atoms with Crippen molar-refractivity contribution in [3.63, 3.8) is 0 Å². The zero-order valence-corrected chi connectivity index (χ0v) is 15.1. The lowest BCUT2D eigenvalue weighted by Crippen LogP contribution is -2.18. The van der Waals surface area contributed by atoms with E-state index >= 15 is 0 Å². The number of alkyl halides is 2. The van der Waals surface area contributed by atoms with E-state index in [0.717, 1.165) is 6.07 Å². The first kappa shape index (κ1) is 20.5. The maximum atomic E-state index is 12.5. The molecule has 0 fully saturated rings. The maximum absolute atomic E-state index is 12.5. The number of fused-ring (bicyclic) bond motifs is 1. The molecule has 30 heavy (non-hydrogen) atoms. The van der Waals surface area contributed by atoms with E-state index in [4.69, 9.17) is 9.47 Å². The van der Waals surface area contributed by atoms with Crippen LogP contribution in [0.5, 0.6) is 17.2 Å². The van der Waals surface area contributed by atoms with Crippen LogP contribution in [0, 0.1) is 21.4 Å². The first-order chi connectivity index (χ1) is 14.4. The SMILES string of the molecule is N#C/C(=C\c1ccc(OC(F)F)cc1)C(=O)Nc1cc2c(cc1[N+](=O)[O-])OCCO2. The quantitative estimate of drug-likeness (QED) is 0.330. The number of halogens is 2. The lowest BCUT2D eigenvalue weighted by molar-refractivity contribution is -0.384. The minimum atomic E-state index is -2.98. The summed E-state index contributed by atoms with van der Waals surface area (Å²) < 4.78 is 39.3. The van der Waals surface area contributed by atoms with Gasteiger partial charge in [-0.3, -0.25) is 14.9 Å². The zero-order valence-electron chi connectivity index (χ0n) is 15.1. The van der Waals surface area contributed by atoms with Crippen LogP contribution in [0.1, 0.15) is 5.56 Å². The van der Waals surface area contributed by atoms with Crippen molar-refractivity contribution in [2.24, 2.45) is 0 Å². The minimum absolute atomic E-state index is 0.0861. The number of rotatable bonds is 6. The van der Waals surface area contributed by atoms with Crippen molar-refractivity contribution in [3.05, 3.63) is 57.6 Å². The summed E-state index contributed by atoms with van der Waals surface area (Å²) in [6.45, 7) is -2.50. The van der Waals surface area contributed by atoms with Crippen LogP contribution in [-0.2, 0) is 4.79 Å². The number of amides is 1. The molecule has 1 amide bonds. The molecule has 0 bridgehead atoms. The van der Waals surface area contributed by atoms with Crippen LogP contribution >= 0.6 is 0 Å². The number of nitrogens with one attached hydrogen (secondary N) is 1. The number of anilines is 1. The first-order valence-electron chi connectivity index (χ1n) is 8.43. The van der Waals surface area contributed by atoms with E-state index < -0.39 is 23.1 Å². The first-order valence-corrected chi connectivity index (χ1v) is 8.43. The van der Waals surface area contributed by atoms with Gasteiger partial charge in [0.15, 0.2) is 11.5 Å². The van der Waals surface area contributed by atoms with E-state index in [2.05, 4.69) is 10.1 Å². The summed E-state index contributed by atoms with van der Waals surface area (Å²) in [7, 11) is 0. The molecular weight excluding hydrogens is 404 g/mol. The molecule has 2 aromatic carbocycles. The van der Waals surface area contributed by atoms with E-state index in [0.29, 0.717) is 5.56 Å². The number of benzene rings is 2. The molecule has 9 nitrogen and oxygen atoms in total. The number of nitrogens with zero attached hydrogens (tertiary/aromatic N) is 2. The molecular formula is C19H13F2N3O6. The van der Waals surface area contributed by atoms with Crippen LogP contribution in [0.3, 0.4) is 0 Å². The van der Waals surface area contributed by atoms with E-state index in [1.165, 1.54) is 36.4 Å². The largest absolute Gasteiger partial charge is 0.486 e. The normalized spacial score (nSPS) is 12.8. The van der Waals surface area contributed by atoms with Crippen molar-refractivity contribution in [1.82, 2.24) is 0 Å². The van der Waals surface area contributed by atoms with Crippen molar-refractivity contribution in [1.29, 1.82) is 5.26 Å². The van der Waals surface area contributed by atoms with E-state index in [1.54, 1.807) is 6.07 Å². The van der Waals surface area contributed by atoms with E-state index in [-0.39, 0.29) is 41.7 Å². The second-order valence-electron chi connectivity index (χ2n) is 5.84. The number of nitro benzene ring substituents is 1. The summed E-state index contributed by atoms with van der Waals surface area (Å²) in [6.07, 6.45) is 1.20. The highest BCUT2D eigenvalue weighted by Gasteiger charge is 2.24. The molecule has 3 rings (SSSR count). The monoisotopic (exact) mass is 417 g/mol. The molecule has 0 saturated heterocycles. The van der Waals surface area contributed by atoms with Crippen molar-refractivity contribution in [3.8, 4) is 23.3 Å². The van der Waals surface area contributed by atoms with Gasteiger partial charge in [0.05, 0.1) is 11.0 Å². The van der Waals surface area contributed by atoms with Gasteiger partial charge in [0.1, 0.15) is 36.3 Å². The molecule has 0 unspecified atom stereocenters. The molecule has 1 heterocycles. The Morgan fingerprint density at radius 1 is 1.23 bits per heavy atom. The van der Waals surface area contributed by atoms with Crippen LogP contribution in [-0.4, -0.2) is 30.7 Å². The summed E-state index contributed by atoms with van der Waals surface area (Å²) in [5.41, 5.74) is -0.601. The fourth-order valence-electron chi connectivity index (χ4n) is 2.58. The van der Waals surface area contributed by atoms with Crippen molar-refractivity contribution in [2.75, 3.05) is 18.5 Å². The Bertz CT molecular complexity index is 1050. The number of ether oxygens (including phenoxy) is 3. The zero-order chi connectivity index (χ0) is 21.7. The fraction of sp³-hybridized carbons (Fsp3) is 0.158. The van der Waals surface area contributed by atoms with Gasteiger partial charge in [0.25, 0.3) is 11.6 Å². The van der Waals surface area contributed by atoms with Crippen LogP contribution in [0.2, 0.25) is 0 Å². The average molecular weight is 417 g/mol. The van der Waals surface area contributed by atoms with Crippen LogP contribution in [0.25, 0.3) is 6.08 Å². The molecule has 0 radical (unpaired) electrons. The number of nitriles is 1. The Morgan fingerprint density at radius 2 is 1.87 bits per heavy atom. The lowest BCUT2D eigenvalue weighted by atomic mass is 10.1. The Hall–Kier alpha value is -4.20. The van der Waals surface area contributed by atoms with Crippen molar-refractivity contribution >= 4 is 23.4 Å². The molecule has 0 aromatic heterocycles. The molecule has 0 saturated carbocycles. The molecule has 1 aliphatic heterocycles. The smallest absolute Gasteiger partial charge is 0.387 e. The van der Waals surface area contributed by atoms with Gasteiger partial charge in [-0.15, -0.1) is 0 Å². The molecule has 154 valence electrons. The van der Waals surface area contributed by atoms with E-state index in [9.17, 15) is 29.0 Å². The topological polar surface area (TPSA) is 124 Å². The average Bonchev–Trinajstić information content (AvgIpc) is 2.72. The number of carbonyl (C=O) groups is 1. The Balaban J connectivity index is 1.84. The highest BCUT2D eigenvalue weighted by atomic mass is 19.3. The van der Waals surface area contributed by atoms with Crippen molar-refractivity contribution < 1.29 is 32.7 Å². The van der Waals surface area contributed by atoms with Gasteiger partial charge in [-0.2, -0.15) is 14.0 Å². The lowest BCUT2D eigenvalue weighted by Gasteiger charge is -2.19. The molecule has 11 heteroatoms. The number of hydrogen-bond acceptors (Lipinski definition) is 7. The predicted molar refractivity (Wildman–Crippen MR) is 99.4 cm³/mol. The van der Waals surface area contributed by atoms with Gasteiger partial charge in [-0.25, -0.2) is 0 Å². The number of nitro groups is 1. The molecule has 0 atom stereocenters. The second-order valence-corrected chi connectivity index (χ2v) is 5.84. The van der Waals surface area contributed by atoms with Gasteiger partial charge < -0.3 is 19.5 Å². The Labute approximate surface area is 168 Å². The van der Waals surface area contributed by atoms with Gasteiger partial charge >= 0.3 is 6.61 Å². The summed E-state index contributed by atoms with van der Waals surface area (Å²) in [4.78, 5) is 23.1. The number of hydrogen-bond donors (Lipinski definition) is 1. The summed E-state index contributed by atoms with van der Waals surface area (Å²) in [5, 5.41) is 23.0. The molecule has 0 aliphatic carbocycles. The summed E-state index contributed by atoms with van der Waals surface area (Å²) in [5.74, 6) is -0.588. The third-order valence-corrected chi connectivity index (χ3v) is 3.89. The minimum Gasteiger partial charge on any atom is -0.486 e. The van der Waals surface area contributed by atoms with Crippen LogP contribution < -0.4 is 19.5 Å². The molecule has 2 aromatic rings. The molecule has 1 aliphatic rings. The Morgan fingerprint density at radius 3 is 2.43 bits per heavy atom. The summed E-state index contributed by atoms with van der Waals surface area (Å²) >= 11 is 0. The predicted octanol–water partition coefficient (Wildman–Crippen LogP) is 3.51. The van der Waals surface area contributed by atoms with Gasteiger partial charge in [0, 0.05) is 6.07 Å². The number of carbonyl (C=O) groups excluding carboxylic acids is 1. The maximum Gasteiger partial charge on any atom is 0.387 e.